The van der Waals surface area contributed by atoms with Gasteiger partial charge in [-0.25, -0.2) is 0 Å². The van der Waals surface area contributed by atoms with E-state index in [4.69, 9.17) is 27.9 Å². The van der Waals surface area contributed by atoms with Crippen LogP contribution in [0.3, 0.4) is 0 Å². The van der Waals surface area contributed by atoms with E-state index in [9.17, 15) is 14.9 Å². The largest absolute Gasteiger partial charge is 0.455 e. The van der Waals surface area contributed by atoms with Gasteiger partial charge in [0.2, 0.25) is 0 Å². The number of ether oxygens (including phenoxy) is 1. The molecule has 0 aromatic rings. The first kappa shape index (κ1) is 16.4. The van der Waals surface area contributed by atoms with Crippen LogP contribution in [0.2, 0.25) is 0 Å². The third-order valence-corrected chi connectivity index (χ3v) is 5.44. The molecule has 5 nitrogen and oxygen atoms in total. The molecule has 1 N–H and O–H groups in total. The van der Waals surface area contributed by atoms with Gasteiger partial charge >= 0.3 is 5.97 Å². The lowest BCUT2D eigenvalue weighted by atomic mass is 9.83. The number of nitriles is 1. The minimum absolute atomic E-state index is 0.311. The van der Waals surface area contributed by atoms with Crippen LogP contribution in [-0.4, -0.2) is 28.4 Å². The minimum Gasteiger partial charge on any atom is -0.455 e. The van der Waals surface area contributed by atoms with E-state index >= 15 is 0 Å². The molecule has 1 amide bonds. The number of amides is 1. The summed E-state index contributed by atoms with van der Waals surface area (Å²) in [4.78, 5) is 23.7. The minimum atomic E-state index is -1.11. The summed E-state index contributed by atoms with van der Waals surface area (Å²) >= 11 is 11.8. The number of nitrogens with one attached hydrogen (secondary N) is 1. The van der Waals surface area contributed by atoms with Crippen LogP contribution in [0.1, 0.15) is 45.4 Å². The fraction of sp³-hybridized carbons (Fsp3) is 0.786. The van der Waals surface area contributed by atoms with Crippen LogP contribution in [0.5, 0.6) is 0 Å². The number of hydrogen-bond donors (Lipinski definition) is 1. The van der Waals surface area contributed by atoms with E-state index in [1.807, 2.05) is 0 Å². The fourth-order valence-corrected chi connectivity index (χ4v) is 3.32. The highest BCUT2D eigenvalue weighted by atomic mass is 35.5. The number of esters is 1. The average molecular weight is 333 g/mol. The summed E-state index contributed by atoms with van der Waals surface area (Å²) in [7, 11) is 0. The molecule has 0 unspecified atom stereocenters. The zero-order valence-corrected chi connectivity index (χ0v) is 13.4. The first-order chi connectivity index (χ1) is 9.75. The maximum Gasteiger partial charge on any atom is 0.315 e. The van der Waals surface area contributed by atoms with Gasteiger partial charge in [-0.3, -0.25) is 9.59 Å². The lowest BCUT2D eigenvalue weighted by Crippen LogP contribution is -2.50. The Morgan fingerprint density at radius 2 is 1.86 bits per heavy atom. The molecule has 0 aromatic heterocycles. The van der Waals surface area contributed by atoms with Gasteiger partial charge in [0, 0.05) is 6.42 Å². The summed E-state index contributed by atoms with van der Waals surface area (Å²) in [6, 6.07) is 2.18. The normalized spacial score (nSPS) is 29.0. The quantitative estimate of drug-likeness (QED) is 0.633. The Balaban J connectivity index is 1.83. The second-order valence-electron chi connectivity index (χ2n) is 6.09. The predicted octanol–water partition coefficient (Wildman–Crippen LogP) is 2.46. The van der Waals surface area contributed by atoms with Gasteiger partial charge in [-0.05, 0) is 19.8 Å². The second kappa shape index (κ2) is 5.66. The molecule has 0 radical (unpaired) electrons. The summed E-state index contributed by atoms with van der Waals surface area (Å²) in [5.74, 6) is -1.05. The first-order valence-corrected chi connectivity index (χ1v) is 7.78. The van der Waals surface area contributed by atoms with Crippen molar-refractivity contribution in [3.8, 4) is 6.07 Å². The van der Waals surface area contributed by atoms with Crippen LogP contribution in [0.25, 0.3) is 0 Å². The number of hydrogen-bond acceptors (Lipinski definition) is 4. The molecular formula is C14H18Cl2N2O3. The Morgan fingerprint density at radius 3 is 2.33 bits per heavy atom. The van der Waals surface area contributed by atoms with Crippen molar-refractivity contribution in [1.82, 2.24) is 5.32 Å². The maximum absolute atomic E-state index is 11.9. The third-order valence-electron chi connectivity index (χ3n) is 4.34. The molecule has 2 rings (SSSR count). The van der Waals surface area contributed by atoms with E-state index in [1.165, 1.54) is 0 Å². The molecular weight excluding hydrogens is 315 g/mol. The van der Waals surface area contributed by atoms with Gasteiger partial charge in [0.1, 0.15) is 15.3 Å². The van der Waals surface area contributed by atoms with E-state index < -0.39 is 33.8 Å². The monoisotopic (exact) mass is 332 g/mol. The Kier molecular flexibility index (Phi) is 4.41. The van der Waals surface area contributed by atoms with Crippen molar-refractivity contribution in [3.05, 3.63) is 0 Å². The molecule has 2 aliphatic rings. The summed E-state index contributed by atoms with van der Waals surface area (Å²) < 4.78 is 3.85. The van der Waals surface area contributed by atoms with Gasteiger partial charge < -0.3 is 10.1 Å². The molecule has 2 fully saturated rings. The van der Waals surface area contributed by atoms with Crippen LogP contribution in [-0.2, 0) is 14.3 Å². The number of rotatable bonds is 4. The van der Waals surface area contributed by atoms with Gasteiger partial charge in [0.05, 0.1) is 6.07 Å². The molecule has 0 bridgehead atoms. The summed E-state index contributed by atoms with van der Waals surface area (Å²) in [6.07, 6.45) is 4.46. The number of alkyl halides is 2. The van der Waals surface area contributed by atoms with E-state index in [0.29, 0.717) is 19.3 Å². The number of carbonyl (C=O) groups is 2. The highest BCUT2D eigenvalue weighted by Gasteiger charge is 2.69. The maximum atomic E-state index is 11.9. The van der Waals surface area contributed by atoms with E-state index in [0.717, 1.165) is 19.3 Å². The molecule has 2 aliphatic carbocycles. The Bertz CT molecular complexity index is 495. The molecule has 1 atom stereocenters. The lowest BCUT2D eigenvalue weighted by molar-refractivity contribution is -0.153. The van der Waals surface area contributed by atoms with Crippen molar-refractivity contribution >= 4 is 35.1 Å². The molecule has 0 aliphatic heterocycles. The lowest BCUT2D eigenvalue weighted by Gasteiger charge is -2.31. The van der Waals surface area contributed by atoms with Gasteiger partial charge in [-0.1, -0.05) is 19.3 Å². The zero-order chi connectivity index (χ0) is 15.7. The third kappa shape index (κ3) is 3.27. The van der Waals surface area contributed by atoms with E-state index in [2.05, 4.69) is 11.4 Å². The second-order valence-corrected chi connectivity index (χ2v) is 7.58. The summed E-state index contributed by atoms with van der Waals surface area (Å²) in [6.45, 7) is 1.19. The van der Waals surface area contributed by atoms with Crippen LogP contribution < -0.4 is 5.32 Å². The zero-order valence-electron chi connectivity index (χ0n) is 11.9. The molecule has 7 heteroatoms. The Hall–Kier alpha value is -0.990. The highest BCUT2D eigenvalue weighted by molar-refractivity contribution is 6.53. The molecule has 0 saturated heterocycles. The predicted molar refractivity (Wildman–Crippen MR) is 77.7 cm³/mol. The van der Waals surface area contributed by atoms with Crippen LogP contribution in [0.15, 0.2) is 0 Å². The summed E-state index contributed by atoms with van der Waals surface area (Å²) in [5, 5.41) is 12.0. The Labute approximate surface area is 133 Å². The molecule has 0 aromatic carbocycles. The van der Waals surface area contributed by atoms with Gasteiger partial charge in [-0.2, -0.15) is 5.26 Å². The number of nitrogens with zero attached hydrogens (tertiary/aromatic N) is 1. The van der Waals surface area contributed by atoms with Crippen molar-refractivity contribution in [2.24, 2.45) is 5.41 Å². The number of halogens is 2. The van der Waals surface area contributed by atoms with E-state index in [-0.39, 0.29) is 0 Å². The molecule has 0 heterocycles. The first-order valence-electron chi connectivity index (χ1n) is 7.02. The van der Waals surface area contributed by atoms with Gasteiger partial charge in [0.25, 0.3) is 5.91 Å². The highest BCUT2D eigenvalue weighted by Crippen LogP contribution is 2.64. The van der Waals surface area contributed by atoms with Crippen LogP contribution in [0.4, 0.5) is 0 Å². The van der Waals surface area contributed by atoms with Crippen molar-refractivity contribution < 1.29 is 14.3 Å². The fourth-order valence-electron chi connectivity index (χ4n) is 2.63. The van der Waals surface area contributed by atoms with Crippen molar-refractivity contribution in [3.63, 3.8) is 0 Å². The topological polar surface area (TPSA) is 79.2 Å². The molecule has 0 spiro atoms. The number of carbonyl (C=O) groups excluding carboxylic acids is 2. The van der Waals surface area contributed by atoms with Crippen LogP contribution in [0, 0.1) is 16.7 Å². The molecule has 116 valence electrons. The van der Waals surface area contributed by atoms with Crippen molar-refractivity contribution in [2.75, 3.05) is 6.61 Å². The average Bonchev–Trinajstić information content (AvgIpc) is 2.97. The standard InChI is InChI=1S/C14H18Cl2N2O3/c1-12(8-14(12,15)16)11(20)21-7-10(19)18-13(9-17)5-3-2-4-6-13/h2-8H2,1H3,(H,18,19)/t12-/m1/s1. The SMILES string of the molecule is C[C@]1(C(=O)OCC(=O)NC2(C#N)CCCCC2)CC1(Cl)Cl. The van der Waals surface area contributed by atoms with Gasteiger partial charge in [-0.15, -0.1) is 23.2 Å². The Morgan fingerprint density at radius 1 is 1.29 bits per heavy atom. The van der Waals surface area contributed by atoms with Crippen molar-refractivity contribution in [1.29, 1.82) is 5.26 Å². The molecule has 21 heavy (non-hydrogen) atoms. The molecule has 2 saturated carbocycles. The van der Waals surface area contributed by atoms with Gasteiger partial charge in [0.15, 0.2) is 6.61 Å². The van der Waals surface area contributed by atoms with Crippen LogP contribution >= 0.6 is 23.2 Å². The summed E-state index contributed by atoms with van der Waals surface area (Å²) in [5.41, 5.74) is -1.78. The smallest absolute Gasteiger partial charge is 0.315 e. The van der Waals surface area contributed by atoms with E-state index in [1.54, 1.807) is 6.92 Å². The van der Waals surface area contributed by atoms with Crippen molar-refractivity contribution in [2.45, 2.75) is 55.3 Å².